The lowest BCUT2D eigenvalue weighted by Gasteiger charge is -2.16. The van der Waals surface area contributed by atoms with E-state index < -0.39 is 0 Å². The molecule has 0 atom stereocenters. The Morgan fingerprint density at radius 3 is 2.89 bits per heavy atom. The molecule has 1 aromatic rings. The molecule has 1 heterocycles. The maximum atomic E-state index is 11.6. The van der Waals surface area contributed by atoms with Crippen molar-refractivity contribution in [1.29, 1.82) is 0 Å². The molecule has 0 saturated carbocycles. The molecular formula is C14H23N3O2. The van der Waals surface area contributed by atoms with Crippen molar-refractivity contribution in [3.05, 3.63) is 23.9 Å². The van der Waals surface area contributed by atoms with Gasteiger partial charge in [0, 0.05) is 31.9 Å². The van der Waals surface area contributed by atoms with E-state index in [9.17, 15) is 4.79 Å². The molecule has 5 nitrogen and oxygen atoms in total. The van der Waals surface area contributed by atoms with E-state index in [0.717, 1.165) is 12.1 Å². The highest BCUT2D eigenvalue weighted by molar-refractivity contribution is 5.77. The third-order valence-electron chi connectivity index (χ3n) is 2.69. The molecule has 0 aliphatic carbocycles. The molecule has 5 heteroatoms. The van der Waals surface area contributed by atoms with E-state index in [1.165, 1.54) is 0 Å². The summed E-state index contributed by atoms with van der Waals surface area (Å²) in [5.41, 5.74) is 0.961. The average Bonchev–Trinajstić information content (AvgIpc) is 2.39. The zero-order valence-corrected chi connectivity index (χ0v) is 12.1. The third-order valence-corrected chi connectivity index (χ3v) is 2.69. The summed E-state index contributed by atoms with van der Waals surface area (Å²) in [6.45, 7) is 7.49. The highest BCUT2D eigenvalue weighted by atomic mass is 16.5. The molecule has 1 rings (SSSR count). The molecule has 0 aliphatic heterocycles. The van der Waals surface area contributed by atoms with Crippen molar-refractivity contribution in [2.75, 3.05) is 20.1 Å². The highest BCUT2D eigenvalue weighted by Crippen LogP contribution is 2.15. The number of ether oxygens (including phenoxy) is 1. The van der Waals surface area contributed by atoms with Crippen molar-refractivity contribution in [3.8, 4) is 5.88 Å². The van der Waals surface area contributed by atoms with Crippen LogP contribution in [0.1, 0.15) is 26.3 Å². The predicted octanol–water partition coefficient (Wildman–Crippen LogP) is 1.44. The van der Waals surface area contributed by atoms with E-state index in [4.69, 9.17) is 4.74 Å². The second-order valence-corrected chi connectivity index (χ2v) is 4.65. The van der Waals surface area contributed by atoms with Crippen LogP contribution in [-0.2, 0) is 11.3 Å². The van der Waals surface area contributed by atoms with Gasteiger partial charge in [0.2, 0.25) is 11.8 Å². The van der Waals surface area contributed by atoms with Gasteiger partial charge in [0.25, 0.3) is 0 Å². The monoisotopic (exact) mass is 265 g/mol. The maximum absolute atomic E-state index is 11.6. The van der Waals surface area contributed by atoms with Crippen molar-refractivity contribution >= 4 is 5.91 Å². The zero-order valence-electron chi connectivity index (χ0n) is 12.1. The third kappa shape index (κ3) is 5.26. The van der Waals surface area contributed by atoms with Gasteiger partial charge in [-0.15, -0.1) is 0 Å². The first-order chi connectivity index (χ1) is 9.04. The molecular weight excluding hydrogens is 242 g/mol. The molecule has 0 unspecified atom stereocenters. The Bertz CT molecular complexity index is 407. The van der Waals surface area contributed by atoms with E-state index in [0.29, 0.717) is 19.0 Å². The summed E-state index contributed by atoms with van der Waals surface area (Å²) in [6, 6.07) is 3.82. The Kier molecular flexibility index (Phi) is 6.29. The molecule has 1 N–H and O–H groups in total. The summed E-state index contributed by atoms with van der Waals surface area (Å²) in [7, 11) is 1.79. The normalized spacial score (nSPS) is 10.6. The maximum Gasteiger partial charge on any atom is 0.236 e. The SMILES string of the molecule is CCN(C)C(=O)CNCc1cccnc1OC(C)C. The number of amides is 1. The number of aromatic nitrogens is 1. The number of likely N-dealkylation sites (N-methyl/N-ethyl adjacent to an activating group) is 1. The Morgan fingerprint density at radius 2 is 2.26 bits per heavy atom. The molecule has 19 heavy (non-hydrogen) atoms. The Labute approximate surface area is 115 Å². The minimum absolute atomic E-state index is 0.0812. The van der Waals surface area contributed by atoms with Gasteiger partial charge in [-0.05, 0) is 26.8 Å². The van der Waals surface area contributed by atoms with E-state index >= 15 is 0 Å². The molecule has 1 amide bonds. The number of nitrogens with one attached hydrogen (secondary N) is 1. The van der Waals surface area contributed by atoms with Crippen LogP contribution in [0.2, 0.25) is 0 Å². The summed E-state index contributed by atoms with van der Waals surface area (Å²) in [4.78, 5) is 17.5. The summed E-state index contributed by atoms with van der Waals surface area (Å²) >= 11 is 0. The standard InChI is InChI=1S/C14H23N3O2/c1-5-17(4)13(18)10-15-9-12-7-6-8-16-14(12)19-11(2)3/h6-8,11,15H,5,9-10H2,1-4H3. The second-order valence-electron chi connectivity index (χ2n) is 4.65. The van der Waals surface area contributed by atoms with Crippen molar-refractivity contribution in [2.45, 2.75) is 33.4 Å². The number of hydrogen-bond acceptors (Lipinski definition) is 4. The summed E-state index contributed by atoms with van der Waals surface area (Å²) in [5, 5.41) is 3.12. The van der Waals surface area contributed by atoms with Gasteiger partial charge < -0.3 is 15.0 Å². The van der Waals surface area contributed by atoms with Gasteiger partial charge in [-0.1, -0.05) is 6.07 Å². The molecule has 0 fully saturated rings. The average molecular weight is 265 g/mol. The largest absolute Gasteiger partial charge is 0.475 e. The lowest BCUT2D eigenvalue weighted by Crippen LogP contribution is -2.35. The van der Waals surface area contributed by atoms with Crippen LogP contribution in [-0.4, -0.2) is 42.0 Å². The first kappa shape index (κ1) is 15.4. The van der Waals surface area contributed by atoms with Gasteiger partial charge in [-0.2, -0.15) is 0 Å². The fourth-order valence-corrected chi connectivity index (χ4v) is 1.50. The summed E-state index contributed by atoms with van der Waals surface area (Å²) in [5.74, 6) is 0.707. The van der Waals surface area contributed by atoms with Crippen molar-refractivity contribution < 1.29 is 9.53 Å². The quantitative estimate of drug-likeness (QED) is 0.810. The van der Waals surface area contributed by atoms with Gasteiger partial charge >= 0.3 is 0 Å². The van der Waals surface area contributed by atoms with Crippen LogP contribution in [0.3, 0.4) is 0 Å². The van der Waals surface area contributed by atoms with E-state index in [2.05, 4.69) is 10.3 Å². The Hall–Kier alpha value is -1.62. The second kappa shape index (κ2) is 7.74. The van der Waals surface area contributed by atoms with Crippen LogP contribution in [0.15, 0.2) is 18.3 Å². The Morgan fingerprint density at radius 1 is 1.53 bits per heavy atom. The minimum Gasteiger partial charge on any atom is -0.475 e. The topological polar surface area (TPSA) is 54.5 Å². The predicted molar refractivity (Wildman–Crippen MR) is 75.0 cm³/mol. The number of rotatable bonds is 7. The van der Waals surface area contributed by atoms with Crippen LogP contribution < -0.4 is 10.1 Å². The zero-order chi connectivity index (χ0) is 14.3. The molecule has 106 valence electrons. The number of pyridine rings is 1. The number of hydrogen-bond donors (Lipinski definition) is 1. The fraction of sp³-hybridized carbons (Fsp3) is 0.571. The van der Waals surface area contributed by atoms with Gasteiger partial charge in [-0.25, -0.2) is 4.98 Å². The first-order valence-corrected chi connectivity index (χ1v) is 6.59. The van der Waals surface area contributed by atoms with E-state index in [1.54, 1.807) is 18.1 Å². The smallest absolute Gasteiger partial charge is 0.236 e. The molecule has 0 saturated heterocycles. The highest BCUT2D eigenvalue weighted by Gasteiger charge is 2.09. The van der Waals surface area contributed by atoms with Gasteiger partial charge in [0.1, 0.15) is 0 Å². The van der Waals surface area contributed by atoms with Crippen LogP contribution >= 0.6 is 0 Å². The molecule has 0 bridgehead atoms. The molecule has 1 aromatic heterocycles. The lowest BCUT2D eigenvalue weighted by atomic mass is 10.2. The minimum atomic E-state index is 0.0812. The number of nitrogens with zero attached hydrogens (tertiary/aromatic N) is 2. The van der Waals surface area contributed by atoms with Crippen LogP contribution in [0.25, 0.3) is 0 Å². The van der Waals surface area contributed by atoms with Gasteiger partial charge in [-0.3, -0.25) is 4.79 Å². The lowest BCUT2D eigenvalue weighted by molar-refractivity contribution is -0.128. The van der Waals surface area contributed by atoms with E-state index in [1.807, 2.05) is 32.9 Å². The summed E-state index contributed by atoms with van der Waals surface area (Å²) < 4.78 is 5.63. The van der Waals surface area contributed by atoms with Crippen LogP contribution in [0, 0.1) is 0 Å². The molecule has 0 aliphatic rings. The van der Waals surface area contributed by atoms with E-state index in [-0.39, 0.29) is 12.0 Å². The van der Waals surface area contributed by atoms with Crippen molar-refractivity contribution in [2.24, 2.45) is 0 Å². The number of carbonyl (C=O) groups excluding carboxylic acids is 1. The Balaban J connectivity index is 2.51. The van der Waals surface area contributed by atoms with Crippen LogP contribution in [0.5, 0.6) is 5.88 Å². The summed E-state index contributed by atoms with van der Waals surface area (Å²) in [6.07, 6.45) is 1.79. The van der Waals surface area contributed by atoms with Gasteiger partial charge in [0.15, 0.2) is 0 Å². The van der Waals surface area contributed by atoms with Gasteiger partial charge in [0.05, 0.1) is 12.6 Å². The molecule has 0 radical (unpaired) electrons. The molecule has 0 spiro atoms. The van der Waals surface area contributed by atoms with Crippen molar-refractivity contribution in [3.63, 3.8) is 0 Å². The first-order valence-electron chi connectivity index (χ1n) is 6.59. The van der Waals surface area contributed by atoms with Crippen molar-refractivity contribution in [1.82, 2.24) is 15.2 Å². The number of carbonyl (C=O) groups is 1. The fourth-order valence-electron chi connectivity index (χ4n) is 1.50. The molecule has 0 aromatic carbocycles. The van der Waals surface area contributed by atoms with Crippen LogP contribution in [0.4, 0.5) is 0 Å².